The summed E-state index contributed by atoms with van der Waals surface area (Å²) >= 11 is 0. The molecule has 0 saturated carbocycles. The zero-order valence-electron chi connectivity index (χ0n) is 9.14. The molecular formula is C10H17N3O. The SMILES string of the molecule is Cc1n[nH]c(C)c1CNC(=O)C(C)C. The number of rotatable bonds is 3. The van der Waals surface area contributed by atoms with Crippen LogP contribution in [0.3, 0.4) is 0 Å². The second-order valence-electron chi connectivity index (χ2n) is 3.79. The van der Waals surface area contributed by atoms with Crippen molar-refractivity contribution in [3.05, 3.63) is 17.0 Å². The Bertz CT molecular complexity index is 309. The predicted molar refractivity (Wildman–Crippen MR) is 54.7 cm³/mol. The van der Waals surface area contributed by atoms with Gasteiger partial charge in [-0.25, -0.2) is 0 Å². The van der Waals surface area contributed by atoms with Gasteiger partial charge < -0.3 is 5.32 Å². The molecule has 0 radical (unpaired) electrons. The van der Waals surface area contributed by atoms with Gasteiger partial charge in [0.05, 0.1) is 5.69 Å². The molecule has 0 saturated heterocycles. The summed E-state index contributed by atoms with van der Waals surface area (Å²) in [5, 5.41) is 9.82. The molecule has 4 heteroatoms. The summed E-state index contributed by atoms with van der Waals surface area (Å²) in [5.41, 5.74) is 3.05. The molecule has 2 N–H and O–H groups in total. The van der Waals surface area contributed by atoms with Crippen molar-refractivity contribution in [2.75, 3.05) is 0 Å². The standard InChI is InChI=1S/C10H17N3O/c1-6(2)10(14)11-5-9-7(3)12-13-8(9)4/h6H,5H2,1-4H3,(H,11,14)(H,12,13). The first-order valence-corrected chi connectivity index (χ1v) is 4.80. The molecule has 4 nitrogen and oxygen atoms in total. The maximum atomic E-state index is 11.3. The highest BCUT2D eigenvalue weighted by molar-refractivity contribution is 5.77. The van der Waals surface area contributed by atoms with Gasteiger partial charge >= 0.3 is 0 Å². The maximum Gasteiger partial charge on any atom is 0.222 e. The fraction of sp³-hybridized carbons (Fsp3) is 0.600. The van der Waals surface area contributed by atoms with Gasteiger partial charge in [-0.05, 0) is 13.8 Å². The number of hydrogen-bond donors (Lipinski definition) is 2. The lowest BCUT2D eigenvalue weighted by Gasteiger charge is -2.07. The molecule has 0 aliphatic carbocycles. The van der Waals surface area contributed by atoms with Crippen LogP contribution in [0.4, 0.5) is 0 Å². The van der Waals surface area contributed by atoms with Gasteiger partial charge in [-0.15, -0.1) is 0 Å². The van der Waals surface area contributed by atoms with E-state index in [0.717, 1.165) is 17.0 Å². The molecular weight excluding hydrogens is 178 g/mol. The molecule has 1 heterocycles. The second kappa shape index (κ2) is 4.26. The third-order valence-corrected chi connectivity index (χ3v) is 2.24. The van der Waals surface area contributed by atoms with Gasteiger partial charge in [0.25, 0.3) is 0 Å². The van der Waals surface area contributed by atoms with Crippen LogP contribution in [0, 0.1) is 19.8 Å². The Morgan fingerprint density at radius 1 is 1.50 bits per heavy atom. The normalized spacial score (nSPS) is 10.6. The van der Waals surface area contributed by atoms with Crippen LogP contribution in [0.2, 0.25) is 0 Å². The number of aryl methyl sites for hydroxylation is 2. The van der Waals surface area contributed by atoms with Crippen molar-refractivity contribution in [3.8, 4) is 0 Å². The summed E-state index contributed by atoms with van der Waals surface area (Å²) in [6.07, 6.45) is 0. The van der Waals surface area contributed by atoms with E-state index in [9.17, 15) is 4.79 Å². The first kappa shape index (κ1) is 10.8. The quantitative estimate of drug-likeness (QED) is 0.763. The number of carbonyl (C=O) groups is 1. The van der Waals surface area contributed by atoms with E-state index in [-0.39, 0.29) is 11.8 Å². The van der Waals surface area contributed by atoms with E-state index in [4.69, 9.17) is 0 Å². The Hall–Kier alpha value is -1.32. The largest absolute Gasteiger partial charge is 0.352 e. The number of carbonyl (C=O) groups excluding carboxylic acids is 1. The zero-order chi connectivity index (χ0) is 10.7. The highest BCUT2D eigenvalue weighted by Crippen LogP contribution is 2.08. The summed E-state index contributed by atoms with van der Waals surface area (Å²) in [6.45, 7) is 8.21. The fourth-order valence-electron chi connectivity index (χ4n) is 1.21. The summed E-state index contributed by atoms with van der Waals surface area (Å²) in [5.74, 6) is 0.104. The number of hydrogen-bond acceptors (Lipinski definition) is 2. The molecule has 0 fully saturated rings. The van der Waals surface area contributed by atoms with Crippen LogP contribution in [0.1, 0.15) is 30.8 Å². The van der Waals surface area contributed by atoms with E-state index in [1.807, 2.05) is 27.7 Å². The van der Waals surface area contributed by atoms with Crippen LogP contribution >= 0.6 is 0 Å². The topological polar surface area (TPSA) is 57.8 Å². The first-order valence-electron chi connectivity index (χ1n) is 4.80. The van der Waals surface area contributed by atoms with E-state index in [1.54, 1.807) is 0 Å². The Labute approximate surface area is 84.1 Å². The highest BCUT2D eigenvalue weighted by Gasteiger charge is 2.09. The van der Waals surface area contributed by atoms with E-state index >= 15 is 0 Å². The van der Waals surface area contributed by atoms with E-state index < -0.39 is 0 Å². The molecule has 0 aliphatic rings. The molecule has 1 amide bonds. The van der Waals surface area contributed by atoms with Gasteiger partial charge in [0.2, 0.25) is 5.91 Å². The maximum absolute atomic E-state index is 11.3. The van der Waals surface area contributed by atoms with Crippen LogP contribution in [-0.4, -0.2) is 16.1 Å². The van der Waals surface area contributed by atoms with Crippen molar-refractivity contribution in [1.29, 1.82) is 0 Å². The average molecular weight is 195 g/mol. The van der Waals surface area contributed by atoms with Crippen LogP contribution in [0.15, 0.2) is 0 Å². The third-order valence-electron chi connectivity index (χ3n) is 2.24. The molecule has 0 spiro atoms. The molecule has 0 unspecified atom stereocenters. The number of aromatic amines is 1. The summed E-state index contributed by atoms with van der Waals surface area (Å²) in [6, 6.07) is 0. The van der Waals surface area contributed by atoms with E-state index in [1.165, 1.54) is 0 Å². The molecule has 0 atom stereocenters. The number of nitrogens with one attached hydrogen (secondary N) is 2. The van der Waals surface area contributed by atoms with Crippen molar-refractivity contribution < 1.29 is 4.79 Å². The van der Waals surface area contributed by atoms with Crippen LogP contribution in [0.5, 0.6) is 0 Å². The van der Waals surface area contributed by atoms with Crippen molar-refractivity contribution >= 4 is 5.91 Å². The Morgan fingerprint density at radius 2 is 2.14 bits per heavy atom. The summed E-state index contributed by atoms with van der Waals surface area (Å²) in [7, 11) is 0. The minimum absolute atomic E-state index is 0.0301. The van der Waals surface area contributed by atoms with Gasteiger partial charge in [0, 0.05) is 23.7 Å². The lowest BCUT2D eigenvalue weighted by molar-refractivity contribution is -0.124. The van der Waals surface area contributed by atoms with Crippen LogP contribution in [0.25, 0.3) is 0 Å². The van der Waals surface area contributed by atoms with Crippen LogP contribution < -0.4 is 5.32 Å². The molecule has 1 rings (SSSR count). The minimum Gasteiger partial charge on any atom is -0.352 e. The number of nitrogens with zero attached hydrogens (tertiary/aromatic N) is 1. The zero-order valence-corrected chi connectivity index (χ0v) is 9.14. The molecule has 0 aliphatic heterocycles. The summed E-state index contributed by atoms with van der Waals surface area (Å²) < 4.78 is 0. The van der Waals surface area contributed by atoms with Gasteiger partial charge in [-0.2, -0.15) is 5.10 Å². The van der Waals surface area contributed by atoms with Gasteiger partial charge in [-0.3, -0.25) is 9.89 Å². The summed E-state index contributed by atoms with van der Waals surface area (Å²) in [4.78, 5) is 11.3. The Kier molecular flexibility index (Phi) is 3.28. The van der Waals surface area contributed by atoms with E-state index in [0.29, 0.717) is 6.54 Å². The van der Waals surface area contributed by atoms with Crippen LogP contribution in [-0.2, 0) is 11.3 Å². The third kappa shape index (κ3) is 2.34. The molecule has 1 aromatic rings. The van der Waals surface area contributed by atoms with Gasteiger partial charge in [0.15, 0.2) is 0 Å². The highest BCUT2D eigenvalue weighted by atomic mass is 16.1. The van der Waals surface area contributed by atoms with Gasteiger partial charge in [0.1, 0.15) is 0 Å². The first-order chi connectivity index (χ1) is 6.52. The monoisotopic (exact) mass is 195 g/mol. The minimum atomic E-state index is 0.0301. The number of H-pyrrole nitrogens is 1. The molecule has 0 aromatic carbocycles. The van der Waals surface area contributed by atoms with Gasteiger partial charge in [-0.1, -0.05) is 13.8 Å². The van der Waals surface area contributed by atoms with Crippen molar-refractivity contribution in [2.45, 2.75) is 34.2 Å². The molecule has 1 aromatic heterocycles. The van der Waals surface area contributed by atoms with E-state index in [2.05, 4.69) is 15.5 Å². The number of aromatic nitrogens is 2. The van der Waals surface area contributed by atoms with Crippen molar-refractivity contribution in [2.24, 2.45) is 5.92 Å². The Morgan fingerprint density at radius 3 is 2.57 bits per heavy atom. The predicted octanol–water partition coefficient (Wildman–Crippen LogP) is 1.30. The Balaban J connectivity index is 2.58. The molecule has 0 bridgehead atoms. The number of amides is 1. The molecule has 78 valence electrons. The smallest absolute Gasteiger partial charge is 0.222 e. The lowest BCUT2D eigenvalue weighted by Crippen LogP contribution is -2.27. The fourth-order valence-corrected chi connectivity index (χ4v) is 1.21. The van der Waals surface area contributed by atoms with Crippen molar-refractivity contribution in [3.63, 3.8) is 0 Å². The second-order valence-corrected chi connectivity index (χ2v) is 3.79. The molecule has 14 heavy (non-hydrogen) atoms. The lowest BCUT2D eigenvalue weighted by atomic mass is 10.1. The average Bonchev–Trinajstić information content (AvgIpc) is 2.43. The van der Waals surface area contributed by atoms with Crippen molar-refractivity contribution in [1.82, 2.24) is 15.5 Å².